The van der Waals surface area contributed by atoms with Crippen LogP contribution in [0.5, 0.6) is 0 Å². The lowest BCUT2D eigenvalue weighted by Crippen LogP contribution is -2.69. The van der Waals surface area contributed by atoms with Gasteiger partial charge in [-0.2, -0.15) is 0 Å². The van der Waals surface area contributed by atoms with E-state index in [1.54, 1.807) is 0 Å². The average Bonchev–Trinajstić information content (AvgIpc) is 0.682. The molecule has 5 heterocycles. The van der Waals surface area contributed by atoms with Gasteiger partial charge in [-0.05, 0) is 111 Å². The number of esters is 1. The number of ether oxygens (including phenoxy) is 10. The Hall–Kier alpha value is -1.75. The Bertz CT molecular complexity index is 2350. The first-order chi connectivity index (χ1) is 39.3. The minimum absolute atomic E-state index is 0.0207. The van der Waals surface area contributed by atoms with Crippen molar-refractivity contribution in [3.05, 3.63) is 11.6 Å². The maximum atomic E-state index is 15.4. The number of rotatable bonds is 12. The second-order valence-corrected chi connectivity index (χ2v) is 28.2. The molecule has 0 aromatic carbocycles. The van der Waals surface area contributed by atoms with Crippen LogP contribution < -0.4 is 0 Å². The Morgan fingerprint density at radius 3 is 1.80 bits per heavy atom. The zero-order valence-corrected chi connectivity index (χ0v) is 49.1. The van der Waals surface area contributed by atoms with Crippen molar-refractivity contribution >= 4 is 5.97 Å². The highest BCUT2D eigenvalue weighted by atomic mass is 16.8. The fourth-order valence-corrected chi connectivity index (χ4v) is 17.5. The molecule has 4 saturated carbocycles. The van der Waals surface area contributed by atoms with E-state index in [0.29, 0.717) is 44.9 Å². The Balaban J connectivity index is 0.843. The van der Waals surface area contributed by atoms with Crippen LogP contribution in [0.3, 0.4) is 0 Å². The second-order valence-electron chi connectivity index (χ2n) is 28.2. The summed E-state index contributed by atoms with van der Waals surface area (Å²) in [6, 6.07) is 0. The Kier molecular flexibility index (Phi) is 18.5. The normalized spacial score (nSPS) is 55.8. The third-order valence-corrected chi connectivity index (χ3v) is 22.8. The summed E-state index contributed by atoms with van der Waals surface area (Å²) in [7, 11) is 0. The van der Waals surface area contributed by atoms with Crippen LogP contribution in [0.25, 0.3) is 0 Å². The number of allylic oxidation sites excluding steroid dienone is 2. The molecule has 10 rings (SSSR count). The number of fused-ring (bicyclic) bond motifs is 7. The largest absolute Gasteiger partial charge is 0.432 e. The van der Waals surface area contributed by atoms with Gasteiger partial charge < -0.3 is 124 Å². The zero-order valence-electron chi connectivity index (χ0n) is 49.1. The van der Waals surface area contributed by atoms with E-state index in [2.05, 4.69) is 40.7 Å². The van der Waals surface area contributed by atoms with Crippen molar-refractivity contribution in [3.63, 3.8) is 0 Å². The van der Waals surface area contributed by atoms with Crippen molar-refractivity contribution in [1.29, 1.82) is 0 Å². The Morgan fingerprint density at radius 2 is 1.13 bits per heavy atom. The molecule has 33 atom stereocenters. The van der Waals surface area contributed by atoms with E-state index in [1.807, 2.05) is 6.92 Å². The van der Waals surface area contributed by atoms with Crippen molar-refractivity contribution in [2.45, 2.75) is 267 Å². The van der Waals surface area contributed by atoms with Gasteiger partial charge in [-0.15, -0.1) is 0 Å². The van der Waals surface area contributed by atoms with Gasteiger partial charge in [0.05, 0.1) is 56.3 Å². The van der Waals surface area contributed by atoms with Gasteiger partial charge in [-0.1, -0.05) is 53.2 Å². The van der Waals surface area contributed by atoms with Crippen LogP contribution in [-0.4, -0.2) is 263 Å². The Labute approximate surface area is 488 Å². The van der Waals surface area contributed by atoms with Crippen molar-refractivity contribution in [1.82, 2.24) is 0 Å². The summed E-state index contributed by atoms with van der Waals surface area (Å²) in [5.74, 6) is -1.12. The van der Waals surface area contributed by atoms with Crippen LogP contribution in [0, 0.1) is 50.2 Å². The number of aliphatic hydroxyl groups excluding tert-OH is 15. The molecular weight excluding hydrogens is 1110 g/mol. The summed E-state index contributed by atoms with van der Waals surface area (Å²) in [5, 5.41) is 164. The molecule has 26 heteroatoms. The van der Waals surface area contributed by atoms with Gasteiger partial charge in [-0.3, -0.25) is 4.79 Å². The van der Waals surface area contributed by atoms with E-state index in [4.69, 9.17) is 47.4 Å². The number of aliphatic hydroxyl groups is 15. The van der Waals surface area contributed by atoms with Crippen LogP contribution in [0.1, 0.15) is 113 Å². The smallest absolute Gasteiger partial charge is 0.315 e. The molecule has 0 aromatic heterocycles. The van der Waals surface area contributed by atoms with Crippen molar-refractivity contribution in [3.8, 4) is 0 Å². The molecule has 10 aliphatic rings. The monoisotopic (exact) mass is 1210 g/mol. The Morgan fingerprint density at radius 1 is 0.548 bits per heavy atom. The van der Waals surface area contributed by atoms with Crippen LogP contribution in [0.15, 0.2) is 11.6 Å². The molecule has 15 N–H and O–H groups in total. The molecule has 482 valence electrons. The molecule has 0 radical (unpaired) electrons. The highest BCUT2D eigenvalue weighted by Gasteiger charge is 2.72. The summed E-state index contributed by atoms with van der Waals surface area (Å²) in [4.78, 5) is 15.4. The van der Waals surface area contributed by atoms with Gasteiger partial charge in [0.2, 0.25) is 6.29 Å². The van der Waals surface area contributed by atoms with Crippen molar-refractivity contribution in [2.75, 3.05) is 26.4 Å². The van der Waals surface area contributed by atoms with Gasteiger partial charge in [0, 0.05) is 5.41 Å². The molecule has 25 unspecified atom stereocenters. The lowest BCUT2D eigenvalue weighted by Gasteiger charge is -2.72. The standard InChI is InChI=1S/C58H94O26/c1-23-33(64)36(67)39(70)48(77-23)81-44-29(63)21-75-47(42(44)73)80-43-24(2)78-49(41(72)38(43)69)82-45-34(65)28(62)20-76-51(45)84-52(74)58-15-13-53(3,4)17-26(58)25-9-10-32-54(5)18-27(61)46(83-50-40(71)37(68)35(66)30(19-59)79-50)55(6,22-60)31(54)11-12-57(32,8)56(25,7)14-16-58/h9,23-24,26-51,59-73H,10-22H2,1-8H3/t23?,24?,26-,27?,28?,29?,30?,31+,32+,33?,34?,35?,36?,37?,38?,39?,40?,41?,42?,43?,44?,45?,46?,47?,48?,49?,50?,51?,54-,55-,56+,57+,58-/m0/s1. The van der Waals surface area contributed by atoms with Crippen LogP contribution in [-0.2, 0) is 52.2 Å². The third-order valence-electron chi connectivity index (χ3n) is 22.8. The maximum Gasteiger partial charge on any atom is 0.315 e. The summed E-state index contributed by atoms with van der Waals surface area (Å²) in [6.07, 6.45) is -31.3. The predicted molar refractivity (Wildman–Crippen MR) is 283 cm³/mol. The SMILES string of the molecule is CC1OC(OC2C(O)COC(OC3C(C)OC(OC4C(OC(=O)[C@]56CCC(C)(C)C[C@H]5C5=CC[C@@H]7[C@@]8(C)CC(O)C(OC9OC(CO)C(O)C(O)C9O)[C@@](C)(CO)[C@@H]8CC[C@@]7(C)[C@]5(C)CC6)OCC(O)C4O)C(O)C3O)C2O)C(O)C(O)C1O. The lowest BCUT2D eigenvalue weighted by atomic mass is 9.33. The van der Waals surface area contributed by atoms with E-state index in [0.717, 1.165) is 12.0 Å². The van der Waals surface area contributed by atoms with Gasteiger partial charge in [0.25, 0.3) is 0 Å². The lowest BCUT2D eigenvalue weighted by molar-refractivity contribution is -0.377. The van der Waals surface area contributed by atoms with Gasteiger partial charge >= 0.3 is 5.97 Å². The van der Waals surface area contributed by atoms with Gasteiger partial charge in [0.1, 0.15) is 91.6 Å². The van der Waals surface area contributed by atoms with E-state index in [-0.39, 0.29) is 41.6 Å². The van der Waals surface area contributed by atoms with Crippen molar-refractivity contribution < 1.29 is 129 Å². The van der Waals surface area contributed by atoms with E-state index < -0.39 is 201 Å². The fourth-order valence-electron chi connectivity index (χ4n) is 17.5. The number of hydrogen-bond donors (Lipinski definition) is 15. The summed E-state index contributed by atoms with van der Waals surface area (Å²) < 4.78 is 59.3. The predicted octanol–water partition coefficient (Wildman–Crippen LogP) is -2.93. The maximum absolute atomic E-state index is 15.4. The van der Waals surface area contributed by atoms with Crippen molar-refractivity contribution in [2.24, 2.45) is 50.2 Å². The summed E-state index contributed by atoms with van der Waals surface area (Å²) in [6.45, 7) is 13.9. The molecular formula is C58H94O26. The third kappa shape index (κ3) is 10.7. The summed E-state index contributed by atoms with van der Waals surface area (Å²) >= 11 is 0. The van der Waals surface area contributed by atoms with Crippen LogP contribution in [0.2, 0.25) is 0 Å². The first-order valence-corrected chi connectivity index (χ1v) is 30.1. The van der Waals surface area contributed by atoms with E-state index in [9.17, 15) is 76.6 Å². The van der Waals surface area contributed by atoms with Crippen LogP contribution >= 0.6 is 0 Å². The average molecular weight is 1210 g/mol. The van der Waals surface area contributed by atoms with Gasteiger partial charge in [0.15, 0.2) is 31.3 Å². The molecule has 0 aromatic rings. The van der Waals surface area contributed by atoms with E-state index >= 15 is 4.79 Å². The number of carbonyl (C=O) groups excluding carboxylic acids is 1. The minimum atomic E-state index is -1.94. The van der Waals surface area contributed by atoms with Crippen LogP contribution in [0.4, 0.5) is 0 Å². The quantitative estimate of drug-likeness (QED) is 0.0528. The zero-order chi connectivity index (χ0) is 61.3. The summed E-state index contributed by atoms with van der Waals surface area (Å²) in [5.41, 5.74) is -2.60. The molecule has 0 bridgehead atoms. The second kappa shape index (κ2) is 23.8. The fraction of sp³-hybridized carbons (Fsp3) is 0.948. The molecule has 5 aliphatic heterocycles. The molecule has 5 saturated heterocycles. The first kappa shape index (κ1) is 65.2. The molecule has 84 heavy (non-hydrogen) atoms. The van der Waals surface area contributed by atoms with E-state index in [1.165, 1.54) is 13.8 Å². The molecule has 5 aliphatic carbocycles. The molecule has 9 fully saturated rings. The number of hydrogen-bond acceptors (Lipinski definition) is 26. The highest BCUT2D eigenvalue weighted by molar-refractivity contribution is 5.79. The minimum Gasteiger partial charge on any atom is -0.432 e. The number of carbonyl (C=O) groups is 1. The molecule has 0 spiro atoms. The topological polar surface area (TPSA) is 413 Å². The molecule has 0 amide bonds. The highest BCUT2D eigenvalue weighted by Crippen LogP contribution is 2.76. The molecule has 26 nitrogen and oxygen atoms in total. The van der Waals surface area contributed by atoms with Gasteiger partial charge in [-0.25, -0.2) is 0 Å². The first-order valence-electron chi connectivity index (χ1n) is 30.1.